The molecule has 0 saturated carbocycles. The number of nitrogens with one attached hydrogen (secondary N) is 1. The number of hydrogen-bond donors (Lipinski definition) is 1. The zero-order chi connectivity index (χ0) is 19.2. The fourth-order valence-electron chi connectivity index (χ4n) is 2.48. The molecule has 0 aliphatic carbocycles. The molecule has 0 radical (unpaired) electrons. The number of anilines is 1. The second-order valence-corrected chi connectivity index (χ2v) is 6.20. The van der Waals surface area contributed by atoms with E-state index in [-0.39, 0.29) is 5.91 Å². The van der Waals surface area contributed by atoms with E-state index in [0.29, 0.717) is 11.4 Å². The highest BCUT2D eigenvalue weighted by Gasteiger charge is 2.16. The maximum absolute atomic E-state index is 12.1. The Morgan fingerprint density at radius 2 is 1.78 bits per heavy atom. The van der Waals surface area contributed by atoms with Crippen LogP contribution >= 0.6 is 0 Å². The van der Waals surface area contributed by atoms with Gasteiger partial charge in [-0.2, -0.15) is 0 Å². The molecule has 0 spiro atoms. The Morgan fingerprint density at radius 3 is 2.56 bits per heavy atom. The first-order valence-corrected chi connectivity index (χ1v) is 8.63. The van der Waals surface area contributed by atoms with Crippen LogP contribution in [-0.4, -0.2) is 23.0 Å². The zero-order valence-electron chi connectivity index (χ0n) is 15.2. The summed E-state index contributed by atoms with van der Waals surface area (Å²) >= 11 is 0. The number of carbonyl (C=O) groups excluding carboxylic acids is 2. The number of rotatable bonds is 5. The number of para-hydroxylation sites is 1. The van der Waals surface area contributed by atoms with E-state index in [0.717, 1.165) is 16.5 Å². The van der Waals surface area contributed by atoms with Crippen LogP contribution < -0.4 is 5.32 Å². The Hall–Kier alpha value is -3.47. The quantitative estimate of drug-likeness (QED) is 0.549. The molecule has 0 saturated heterocycles. The highest BCUT2D eigenvalue weighted by Crippen LogP contribution is 2.13. The Labute approximate surface area is 157 Å². The summed E-state index contributed by atoms with van der Waals surface area (Å²) in [6.07, 6.45) is 1.93. The van der Waals surface area contributed by atoms with E-state index in [2.05, 4.69) is 10.3 Å². The first-order valence-electron chi connectivity index (χ1n) is 8.63. The van der Waals surface area contributed by atoms with Crippen LogP contribution in [0, 0.1) is 6.92 Å². The Kier molecular flexibility index (Phi) is 5.61. The summed E-state index contributed by atoms with van der Waals surface area (Å²) in [6, 6.07) is 18.9. The van der Waals surface area contributed by atoms with Crippen molar-refractivity contribution in [1.82, 2.24) is 4.98 Å². The van der Waals surface area contributed by atoms with Crippen LogP contribution in [0.2, 0.25) is 0 Å². The van der Waals surface area contributed by atoms with E-state index in [1.807, 2.05) is 55.5 Å². The van der Waals surface area contributed by atoms with Gasteiger partial charge in [0.2, 0.25) is 0 Å². The van der Waals surface area contributed by atoms with Gasteiger partial charge in [-0.15, -0.1) is 0 Å². The Balaban J connectivity index is 1.57. The summed E-state index contributed by atoms with van der Waals surface area (Å²) in [5, 5.41) is 3.74. The maximum Gasteiger partial charge on any atom is 0.331 e. The Bertz CT molecular complexity index is 994. The number of hydrogen-bond acceptors (Lipinski definition) is 4. The van der Waals surface area contributed by atoms with Crippen molar-refractivity contribution in [1.29, 1.82) is 0 Å². The van der Waals surface area contributed by atoms with Gasteiger partial charge in [-0.1, -0.05) is 42.0 Å². The molecule has 1 amide bonds. The minimum absolute atomic E-state index is 0.385. The molecular weight excluding hydrogens is 340 g/mol. The number of nitrogens with zero attached hydrogens (tertiary/aromatic N) is 1. The standard InChI is InChI=1S/C22H20N2O3/c1-15-7-10-19(11-8-15)24-22(26)16(2)27-21(25)14-13-18-12-9-17-5-3-4-6-20(17)23-18/h3-14,16H,1-2H3,(H,24,26)/b14-13-/t16-/m1/s1. The lowest BCUT2D eigenvalue weighted by atomic mass is 10.2. The molecule has 1 N–H and O–H groups in total. The van der Waals surface area contributed by atoms with Gasteiger partial charge in [0.1, 0.15) is 0 Å². The third kappa shape index (κ3) is 5.01. The lowest BCUT2D eigenvalue weighted by Gasteiger charge is -2.12. The predicted octanol–water partition coefficient (Wildman–Crippen LogP) is 4.13. The van der Waals surface area contributed by atoms with Gasteiger partial charge in [-0.3, -0.25) is 4.79 Å². The molecule has 136 valence electrons. The third-order valence-electron chi connectivity index (χ3n) is 3.99. The van der Waals surface area contributed by atoms with Crippen molar-refractivity contribution in [3.05, 3.63) is 78.0 Å². The van der Waals surface area contributed by atoms with Gasteiger partial charge in [-0.05, 0) is 44.2 Å². The van der Waals surface area contributed by atoms with E-state index in [1.54, 1.807) is 18.2 Å². The molecule has 0 aliphatic heterocycles. The number of benzene rings is 2. The molecule has 27 heavy (non-hydrogen) atoms. The fraction of sp³-hybridized carbons (Fsp3) is 0.136. The third-order valence-corrected chi connectivity index (χ3v) is 3.99. The zero-order valence-corrected chi connectivity index (χ0v) is 15.2. The molecule has 1 aromatic heterocycles. The number of aromatic nitrogens is 1. The van der Waals surface area contributed by atoms with Gasteiger partial charge in [-0.25, -0.2) is 9.78 Å². The Morgan fingerprint density at radius 1 is 1.04 bits per heavy atom. The van der Waals surface area contributed by atoms with Crippen LogP contribution in [0.4, 0.5) is 5.69 Å². The highest BCUT2D eigenvalue weighted by atomic mass is 16.5. The highest BCUT2D eigenvalue weighted by molar-refractivity contribution is 5.96. The van der Waals surface area contributed by atoms with E-state index in [1.165, 1.54) is 13.0 Å². The van der Waals surface area contributed by atoms with Crippen LogP contribution in [-0.2, 0) is 14.3 Å². The topological polar surface area (TPSA) is 68.3 Å². The minimum Gasteiger partial charge on any atom is -0.449 e. The minimum atomic E-state index is -0.909. The molecular formula is C22H20N2O3. The number of fused-ring (bicyclic) bond motifs is 1. The molecule has 0 fully saturated rings. The second-order valence-electron chi connectivity index (χ2n) is 6.20. The van der Waals surface area contributed by atoms with E-state index in [4.69, 9.17) is 4.74 Å². The van der Waals surface area contributed by atoms with Crippen molar-refractivity contribution in [2.75, 3.05) is 5.32 Å². The van der Waals surface area contributed by atoms with E-state index in [9.17, 15) is 9.59 Å². The molecule has 0 aliphatic rings. The van der Waals surface area contributed by atoms with Gasteiger partial charge >= 0.3 is 5.97 Å². The molecule has 5 nitrogen and oxygen atoms in total. The average Bonchev–Trinajstić information content (AvgIpc) is 2.68. The van der Waals surface area contributed by atoms with Gasteiger partial charge in [0.05, 0.1) is 11.2 Å². The smallest absolute Gasteiger partial charge is 0.331 e. The number of esters is 1. The lowest BCUT2D eigenvalue weighted by molar-refractivity contribution is -0.148. The SMILES string of the molecule is Cc1ccc(NC(=O)[C@@H](C)OC(=O)/C=C\c2ccc3ccccc3n2)cc1. The first kappa shape index (κ1) is 18.3. The van der Waals surface area contributed by atoms with Crippen molar-refractivity contribution in [2.45, 2.75) is 20.0 Å². The summed E-state index contributed by atoms with van der Waals surface area (Å²) in [5.74, 6) is -0.985. The van der Waals surface area contributed by atoms with Crippen molar-refractivity contribution < 1.29 is 14.3 Å². The summed E-state index contributed by atoms with van der Waals surface area (Å²) in [6.45, 7) is 3.50. The molecule has 0 bridgehead atoms. The largest absolute Gasteiger partial charge is 0.449 e. The molecule has 2 aromatic carbocycles. The molecule has 3 rings (SSSR count). The number of aryl methyl sites for hydroxylation is 1. The van der Waals surface area contributed by atoms with Crippen LogP contribution in [0.3, 0.4) is 0 Å². The van der Waals surface area contributed by atoms with Crippen LogP contribution in [0.1, 0.15) is 18.2 Å². The van der Waals surface area contributed by atoms with E-state index < -0.39 is 12.1 Å². The second kappa shape index (κ2) is 8.27. The van der Waals surface area contributed by atoms with E-state index >= 15 is 0 Å². The van der Waals surface area contributed by atoms with Gasteiger partial charge in [0.25, 0.3) is 5.91 Å². The lowest BCUT2D eigenvalue weighted by Crippen LogP contribution is -2.29. The normalized spacial score (nSPS) is 12.1. The molecule has 5 heteroatoms. The predicted molar refractivity (Wildman–Crippen MR) is 106 cm³/mol. The van der Waals surface area contributed by atoms with Crippen molar-refractivity contribution in [3.8, 4) is 0 Å². The number of pyridine rings is 1. The van der Waals surface area contributed by atoms with Gasteiger partial charge in [0.15, 0.2) is 6.10 Å². The van der Waals surface area contributed by atoms with Crippen LogP contribution in [0.5, 0.6) is 0 Å². The van der Waals surface area contributed by atoms with Crippen LogP contribution in [0.15, 0.2) is 66.7 Å². The fourth-order valence-corrected chi connectivity index (χ4v) is 2.48. The van der Waals surface area contributed by atoms with Gasteiger partial charge < -0.3 is 10.1 Å². The average molecular weight is 360 g/mol. The maximum atomic E-state index is 12.1. The summed E-state index contributed by atoms with van der Waals surface area (Å²) in [5.41, 5.74) is 3.24. The molecule has 3 aromatic rings. The molecule has 0 unspecified atom stereocenters. The number of carbonyl (C=O) groups is 2. The monoisotopic (exact) mass is 360 g/mol. The van der Waals surface area contributed by atoms with Gasteiger partial charge in [0, 0.05) is 17.1 Å². The van der Waals surface area contributed by atoms with Crippen molar-refractivity contribution >= 4 is 34.5 Å². The van der Waals surface area contributed by atoms with Crippen molar-refractivity contribution in [2.24, 2.45) is 0 Å². The van der Waals surface area contributed by atoms with Crippen molar-refractivity contribution in [3.63, 3.8) is 0 Å². The van der Waals surface area contributed by atoms with Crippen LogP contribution in [0.25, 0.3) is 17.0 Å². The summed E-state index contributed by atoms with van der Waals surface area (Å²) < 4.78 is 5.15. The number of amides is 1. The molecule has 1 atom stereocenters. The molecule has 1 heterocycles. The summed E-state index contributed by atoms with van der Waals surface area (Å²) in [4.78, 5) is 28.6. The first-order chi connectivity index (χ1) is 13.0. The summed E-state index contributed by atoms with van der Waals surface area (Å²) in [7, 11) is 0. The number of ether oxygens (including phenoxy) is 1.